The van der Waals surface area contributed by atoms with Crippen molar-refractivity contribution in [1.29, 1.82) is 0 Å². The molecular formula is C16H21NO. The van der Waals surface area contributed by atoms with Crippen molar-refractivity contribution >= 4 is 0 Å². The molecule has 0 amide bonds. The maximum absolute atomic E-state index is 8.70. The minimum absolute atomic E-state index is 0.0749. The highest BCUT2D eigenvalue weighted by atomic mass is 16.2. The normalized spacial score (nSPS) is 19.6. The Bertz CT molecular complexity index is 444. The Morgan fingerprint density at radius 1 is 1.44 bits per heavy atom. The molecular weight excluding hydrogens is 222 g/mol. The van der Waals surface area contributed by atoms with Crippen LogP contribution in [0.3, 0.4) is 0 Å². The van der Waals surface area contributed by atoms with Gasteiger partial charge in [-0.05, 0) is 36.6 Å². The second-order valence-corrected chi connectivity index (χ2v) is 4.96. The van der Waals surface area contributed by atoms with E-state index in [1.165, 1.54) is 31.5 Å². The molecule has 1 heterocycles. The number of nitrogens with zero attached hydrogens (tertiary/aromatic N) is 1. The van der Waals surface area contributed by atoms with E-state index < -0.39 is 0 Å². The van der Waals surface area contributed by atoms with Crippen LogP contribution in [0.1, 0.15) is 30.9 Å². The highest BCUT2D eigenvalue weighted by Gasteiger charge is 2.20. The molecule has 2 nitrogen and oxygen atoms in total. The average Bonchev–Trinajstić information content (AvgIpc) is 2.84. The van der Waals surface area contributed by atoms with Crippen LogP contribution in [0.25, 0.3) is 0 Å². The fourth-order valence-corrected chi connectivity index (χ4v) is 2.54. The van der Waals surface area contributed by atoms with Crippen molar-refractivity contribution in [3.63, 3.8) is 0 Å². The molecule has 18 heavy (non-hydrogen) atoms. The van der Waals surface area contributed by atoms with E-state index >= 15 is 0 Å². The van der Waals surface area contributed by atoms with Gasteiger partial charge in [-0.15, -0.1) is 0 Å². The van der Waals surface area contributed by atoms with Gasteiger partial charge in [0.2, 0.25) is 0 Å². The molecule has 0 spiro atoms. The van der Waals surface area contributed by atoms with Gasteiger partial charge in [0, 0.05) is 18.7 Å². The first kappa shape index (κ1) is 13.1. The summed E-state index contributed by atoms with van der Waals surface area (Å²) >= 11 is 0. The van der Waals surface area contributed by atoms with Crippen molar-refractivity contribution in [2.45, 2.75) is 26.3 Å². The molecule has 1 aromatic rings. The van der Waals surface area contributed by atoms with Crippen LogP contribution in [0, 0.1) is 17.8 Å². The summed E-state index contributed by atoms with van der Waals surface area (Å²) in [7, 11) is 0. The molecule has 1 N–H and O–H groups in total. The second kappa shape index (κ2) is 6.58. The lowest BCUT2D eigenvalue weighted by Crippen LogP contribution is -2.19. The van der Waals surface area contributed by atoms with Gasteiger partial charge in [-0.1, -0.05) is 37.3 Å². The number of rotatable bonds is 3. The lowest BCUT2D eigenvalue weighted by atomic mass is 10.1. The SMILES string of the molecule is CCC1CCN(Cc2cccc(C#CCO)c2)C1. The Kier molecular flexibility index (Phi) is 4.81. The molecule has 0 aromatic heterocycles. The van der Waals surface area contributed by atoms with Gasteiger partial charge in [0.15, 0.2) is 0 Å². The minimum Gasteiger partial charge on any atom is -0.384 e. The van der Waals surface area contributed by atoms with E-state index in [9.17, 15) is 0 Å². The van der Waals surface area contributed by atoms with Crippen molar-refractivity contribution < 1.29 is 5.11 Å². The van der Waals surface area contributed by atoms with Gasteiger partial charge < -0.3 is 5.11 Å². The quantitative estimate of drug-likeness (QED) is 0.823. The van der Waals surface area contributed by atoms with Crippen molar-refractivity contribution in [3.8, 4) is 11.8 Å². The van der Waals surface area contributed by atoms with Gasteiger partial charge in [-0.2, -0.15) is 0 Å². The Balaban J connectivity index is 1.97. The van der Waals surface area contributed by atoms with E-state index in [0.717, 1.165) is 18.0 Å². The molecule has 1 aliphatic rings. The summed E-state index contributed by atoms with van der Waals surface area (Å²) in [5.74, 6) is 6.53. The van der Waals surface area contributed by atoms with Crippen LogP contribution in [0.15, 0.2) is 24.3 Å². The Morgan fingerprint density at radius 2 is 2.33 bits per heavy atom. The molecule has 0 aliphatic carbocycles. The molecule has 0 saturated carbocycles. The highest BCUT2D eigenvalue weighted by molar-refractivity contribution is 5.37. The minimum atomic E-state index is -0.0749. The first-order chi connectivity index (χ1) is 8.81. The summed E-state index contributed by atoms with van der Waals surface area (Å²) < 4.78 is 0. The first-order valence-corrected chi connectivity index (χ1v) is 6.73. The van der Waals surface area contributed by atoms with Gasteiger partial charge in [-0.3, -0.25) is 4.90 Å². The zero-order valence-electron chi connectivity index (χ0n) is 11.0. The van der Waals surface area contributed by atoms with E-state index in [1.807, 2.05) is 12.1 Å². The Hall–Kier alpha value is -1.30. The number of likely N-dealkylation sites (tertiary alicyclic amines) is 1. The average molecular weight is 243 g/mol. The molecule has 1 aromatic carbocycles. The smallest absolute Gasteiger partial charge is 0.104 e. The summed E-state index contributed by atoms with van der Waals surface area (Å²) in [5.41, 5.74) is 2.31. The summed E-state index contributed by atoms with van der Waals surface area (Å²) in [6.07, 6.45) is 2.62. The lowest BCUT2D eigenvalue weighted by Gasteiger charge is -2.15. The molecule has 2 rings (SSSR count). The van der Waals surface area contributed by atoms with E-state index in [-0.39, 0.29) is 6.61 Å². The summed E-state index contributed by atoms with van der Waals surface area (Å²) in [6, 6.07) is 8.32. The van der Waals surface area contributed by atoms with E-state index in [0.29, 0.717) is 0 Å². The van der Waals surface area contributed by atoms with Gasteiger partial charge in [0.25, 0.3) is 0 Å². The molecule has 1 aliphatic heterocycles. The zero-order valence-corrected chi connectivity index (χ0v) is 11.0. The Labute approximate surface area is 110 Å². The van der Waals surface area contributed by atoms with Crippen molar-refractivity contribution in [2.24, 2.45) is 5.92 Å². The van der Waals surface area contributed by atoms with Crippen LogP contribution in [0.4, 0.5) is 0 Å². The molecule has 0 bridgehead atoms. The van der Waals surface area contributed by atoms with Gasteiger partial charge in [0.1, 0.15) is 6.61 Å². The van der Waals surface area contributed by atoms with Crippen LogP contribution < -0.4 is 0 Å². The molecule has 1 saturated heterocycles. The topological polar surface area (TPSA) is 23.5 Å². The number of hydrogen-bond donors (Lipinski definition) is 1. The summed E-state index contributed by atoms with van der Waals surface area (Å²) in [6.45, 7) is 5.66. The van der Waals surface area contributed by atoms with Crippen molar-refractivity contribution in [2.75, 3.05) is 19.7 Å². The van der Waals surface area contributed by atoms with Gasteiger partial charge >= 0.3 is 0 Å². The van der Waals surface area contributed by atoms with Gasteiger partial charge in [0.05, 0.1) is 0 Å². The van der Waals surface area contributed by atoms with Crippen LogP contribution in [0.5, 0.6) is 0 Å². The van der Waals surface area contributed by atoms with Crippen LogP contribution >= 0.6 is 0 Å². The third-order valence-electron chi connectivity index (χ3n) is 3.59. The number of aliphatic hydroxyl groups is 1. The van der Waals surface area contributed by atoms with Crippen molar-refractivity contribution in [3.05, 3.63) is 35.4 Å². The standard InChI is InChI=1S/C16H21NO/c1-2-14-8-9-17(12-14)13-16-6-3-5-15(11-16)7-4-10-18/h3,5-6,11,14,18H,2,8-10,12-13H2,1H3. The number of aliphatic hydroxyl groups excluding tert-OH is 1. The highest BCUT2D eigenvalue weighted by Crippen LogP contribution is 2.21. The monoisotopic (exact) mass is 243 g/mol. The van der Waals surface area contributed by atoms with E-state index in [2.05, 4.69) is 35.8 Å². The fraction of sp³-hybridized carbons (Fsp3) is 0.500. The number of benzene rings is 1. The first-order valence-electron chi connectivity index (χ1n) is 6.73. The van der Waals surface area contributed by atoms with Gasteiger partial charge in [-0.25, -0.2) is 0 Å². The van der Waals surface area contributed by atoms with Crippen LogP contribution in [0.2, 0.25) is 0 Å². The lowest BCUT2D eigenvalue weighted by molar-refractivity contribution is 0.315. The molecule has 0 radical (unpaired) electrons. The maximum atomic E-state index is 8.70. The summed E-state index contributed by atoms with van der Waals surface area (Å²) in [5, 5.41) is 8.70. The molecule has 1 unspecified atom stereocenters. The molecule has 2 heteroatoms. The molecule has 1 atom stereocenters. The predicted molar refractivity (Wildman–Crippen MR) is 74.1 cm³/mol. The second-order valence-electron chi connectivity index (χ2n) is 4.96. The van der Waals surface area contributed by atoms with E-state index in [4.69, 9.17) is 5.11 Å². The third kappa shape index (κ3) is 3.60. The van der Waals surface area contributed by atoms with Crippen molar-refractivity contribution in [1.82, 2.24) is 4.90 Å². The predicted octanol–water partition coefficient (Wildman–Crippen LogP) is 2.26. The maximum Gasteiger partial charge on any atom is 0.104 e. The van der Waals surface area contributed by atoms with Crippen LogP contribution in [-0.4, -0.2) is 29.7 Å². The third-order valence-corrected chi connectivity index (χ3v) is 3.59. The molecule has 96 valence electrons. The Morgan fingerprint density at radius 3 is 3.06 bits per heavy atom. The largest absolute Gasteiger partial charge is 0.384 e. The van der Waals surface area contributed by atoms with Crippen LogP contribution in [-0.2, 0) is 6.54 Å². The fourth-order valence-electron chi connectivity index (χ4n) is 2.54. The van der Waals surface area contributed by atoms with E-state index in [1.54, 1.807) is 0 Å². The molecule has 1 fully saturated rings. The summed E-state index contributed by atoms with van der Waals surface area (Å²) in [4.78, 5) is 2.52. The number of hydrogen-bond acceptors (Lipinski definition) is 2. The zero-order chi connectivity index (χ0) is 12.8.